The maximum Gasteiger partial charge on any atom is 0.255 e. The third-order valence-electron chi connectivity index (χ3n) is 8.50. The van der Waals surface area contributed by atoms with Crippen LogP contribution in [0.25, 0.3) is 0 Å². The quantitative estimate of drug-likeness (QED) is 0.202. The molecule has 42 heavy (non-hydrogen) atoms. The van der Waals surface area contributed by atoms with Crippen molar-refractivity contribution in [2.45, 2.75) is 37.3 Å². The zero-order chi connectivity index (χ0) is 29.3. The summed E-state index contributed by atoms with van der Waals surface area (Å²) in [4.78, 5) is 55.3. The number of halogens is 3. The Hall–Kier alpha value is -2.87. The second-order valence-corrected chi connectivity index (χ2v) is 11.5. The zero-order valence-corrected chi connectivity index (χ0v) is 25.2. The van der Waals surface area contributed by atoms with E-state index in [1.165, 1.54) is 11.0 Å². The molecule has 1 aromatic rings. The average molecular weight is 648 g/mol. The highest BCUT2D eigenvalue weighted by atomic mass is 35.5. The summed E-state index contributed by atoms with van der Waals surface area (Å²) in [6.07, 6.45) is 2.03. The first-order chi connectivity index (χ1) is 18.8. The minimum atomic E-state index is -2.72. The van der Waals surface area contributed by atoms with Crippen LogP contribution in [0.3, 0.4) is 0 Å². The first-order valence-electron chi connectivity index (χ1n) is 13.0. The molecule has 0 aromatic heterocycles. The molecular formula is C27H33Cl3N4O8. The van der Waals surface area contributed by atoms with E-state index in [-0.39, 0.29) is 66.0 Å². The lowest BCUT2D eigenvalue weighted by atomic mass is 9.58. The van der Waals surface area contributed by atoms with Crippen LogP contribution < -0.4 is 11.1 Å². The molecule has 230 valence electrons. The van der Waals surface area contributed by atoms with Crippen LogP contribution in [0.5, 0.6) is 5.75 Å². The fourth-order valence-corrected chi connectivity index (χ4v) is 6.98. The minimum Gasteiger partial charge on any atom is -0.510 e. The Kier molecular flexibility index (Phi) is 9.62. The average Bonchev–Trinajstić information content (AvgIpc) is 3.36. The number of aliphatic hydroxyl groups is 3. The molecule has 0 saturated carbocycles. The number of aromatic hydroxyl groups is 1. The third-order valence-corrected chi connectivity index (χ3v) is 8.79. The Labute approximate surface area is 259 Å². The van der Waals surface area contributed by atoms with Crippen molar-refractivity contribution in [3.05, 3.63) is 44.9 Å². The smallest absolute Gasteiger partial charge is 0.255 e. The van der Waals surface area contributed by atoms with Crippen LogP contribution >= 0.6 is 36.4 Å². The zero-order valence-electron chi connectivity index (χ0n) is 22.8. The van der Waals surface area contributed by atoms with Gasteiger partial charge in [0.25, 0.3) is 5.91 Å². The maximum absolute atomic E-state index is 13.8. The molecule has 2 amide bonds. The van der Waals surface area contributed by atoms with E-state index in [0.29, 0.717) is 5.56 Å². The second kappa shape index (κ2) is 12.0. The number of hydrogen-bond donors (Lipinski definition) is 6. The molecule has 0 bridgehead atoms. The van der Waals surface area contributed by atoms with E-state index in [0.717, 1.165) is 25.9 Å². The van der Waals surface area contributed by atoms with Crippen LogP contribution in [0, 0.1) is 11.8 Å². The Morgan fingerprint density at radius 1 is 1.17 bits per heavy atom. The number of likely N-dealkylation sites (N-methyl/N-ethyl adjacent to an activating group) is 1. The van der Waals surface area contributed by atoms with Crippen molar-refractivity contribution in [3.63, 3.8) is 0 Å². The van der Waals surface area contributed by atoms with Gasteiger partial charge < -0.3 is 31.5 Å². The van der Waals surface area contributed by atoms with Gasteiger partial charge in [-0.1, -0.05) is 11.6 Å². The number of likely N-dealkylation sites (tertiary alicyclic amines) is 1. The number of allylic oxidation sites excluding steroid dienone is 1. The number of benzene rings is 1. The van der Waals surface area contributed by atoms with Crippen LogP contribution in [0.15, 0.2) is 28.7 Å². The first kappa shape index (κ1) is 33.6. The number of hydrogen-bond acceptors (Lipinski definition) is 10. The van der Waals surface area contributed by atoms with Gasteiger partial charge in [0.2, 0.25) is 11.7 Å². The molecule has 1 aromatic carbocycles. The highest BCUT2D eigenvalue weighted by molar-refractivity contribution is 6.35. The molecule has 1 fully saturated rings. The van der Waals surface area contributed by atoms with Gasteiger partial charge in [-0.15, -0.1) is 24.8 Å². The summed E-state index contributed by atoms with van der Waals surface area (Å²) in [5.74, 6) is -7.89. The standard InChI is InChI=1S/C27H31ClN4O8.2ClH/c1-31(2)20-13-8-11-7-12-9-14(28)19(30-15(33)10-32-5-3-4-6-32)22(35)16(12)21(34)17(11)24(37)27(13,40)25(38)18(23(20)36)26(29)39;;/h9,11,13,20,35-37,40H,3-8,10H2,1-2H3,(H2,29,39)(H,30,33);2*1H/t11?,13?,20-,27-;;/m0../s1. The van der Waals surface area contributed by atoms with Gasteiger partial charge >= 0.3 is 0 Å². The van der Waals surface area contributed by atoms with E-state index in [1.54, 1.807) is 14.1 Å². The predicted octanol–water partition coefficient (Wildman–Crippen LogP) is 1.65. The lowest BCUT2D eigenvalue weighted by molar-refractivity contribution is -0.148. The van der Waals surface area contributed by atoms with Crippen molar-refractivity contribution in [3.8, 4) is 5.75 Å². The molecule has 0 spiro atoms. The first-order valence-corrected chi connectivity index (χ1v) is 13.4. The Bertz CT molecular complexity index is 1420. The fraction of sp³-hybridized carbons (Fsp3) is 0.481. The van der Waals surface area contributed by atoms with Gasteiger partial charge in [0.15, 0.2) is 17.1 Å². The minimum absolute atomic E-state index is 0. The highest BCUT2D eigenvalue weighted by Gasteiger charge is 2.63. The number of rotatable bonds is 5. The van der Waals surface area contributed by atoms with Gasteiger partial charge in [0.1, 0.15) is 22.8 Å². The number of phenolic OH excluding ortho intramolecular Hbond substituents is 1. The number of aliphatic hydroxyl groups excluding tert-OH is 2. The molecule has 2 unspecified atom stereocenters. The normalized spacial score (nSPS) is 27.1. The molecule has 3 aliphatic carbocycles. The number of carbonyl (C=O) groups excluding carboxylic acids is 4. The summed E-state index contributed by atoms with van der Waals surface area (Å²) < 4.78 is 0. The summed E-state index contributed by atoms with van der Waals surface area (Å²) in [6, 6.07) is 0.391. The molecule has 1 heterocycles. The van der Waals surface area contributed by atoms with Crippen molar-refractivity contribution in [2.75, 3.05) is 39.0 Å². The van der Waals surface area contributed by atoms with Crippen molar-refractivity contribution >= 4 is 65.5 Å². The van der Waals surface area contributed by atoms with Crippen molar-refractivity contribution in [1.82, 2.24) is 9.80 Å². The van der Waals surface area contributed by atoms with Gasteiger partial charge in [-0.05, 0) is 70.4 Å². The molecule has 4 aliphatic rings. The summed E-state index contributed by atoms with van der Waals surface area (Å²) in [5, 5.41) is 47.5. The van der Waals surface area contributed by atoms with E-state index < -0.39 is 69.7 Å². The molecular weight excluding hydrogens is 615 g/mol. The summed E-state index contributed by atoms with van der Waals surface area (Å²) >= 11 is 6.42. The predicted molar refractivity (Wildman–Crippen MR) is 157 cm³/mol. The Balaban J connectivity index is 0.00000242. The Morgan fingerprint density at radius 2 is 1.79 bits per heavy atom. The number of primary amides is 1. The molecule has 15 heteroatoms. The van der Waals surface area contributed by atoms with Crippen LogP contribution in [-0.2, 0) is 20.8 Å². The number of carbonyl (C=O) groups is 4. The van der Waals surface area contributed by atoms with Gasteiger partial charge in [0.05, 0.1) is 23.2 Å². The molecule has 7 N–H and O–H groups in total. The number of phenols is 1. The van der Waals surface area contributed by atoms with Crippen LogP contribution in [0.1, 0.15) is 35.2 Å². The van der Waals surface area contributed by atoms with Gasteiger partial charge in [-0.3, -0.25) is 29.0 Å². The Morgan fingerprint density at radius 3 is 2.36 bits per heavy atom. The van der Waals surface area contributed by atoms with E-state index in [2.05, 4.69) is 5.32 Å². The number of Topliss-reactive ketones (excluding diaryl/α,β-unsaturated/α-hetero) is 2. The second-order valence-electron chi connectivity index (χ2n) is 11.1. The SMILES string of the molecule is CN(C)[C@@H]1C(O)=C(C(N)=O)C(=O)[C@@]2(O)C(O)=C3C(=O)c4c(cc(Cl)c(NC(=O)CN5CCCC5)c4O)CC3CC12.Cl.Cl. The lowest BCUT2D eigenvalue weighted by Crippen LogP contribution is -2.63. The topological polar surface area (TPSA) is 194 Å². The van der Waals surface area contributed by atoms with E-state index in [1.807, 2.05) is 4.90 Å². The lowest BCUT2D eigenvalue weighted by Gasteiger charge is -2.50. The van der Waals surface area contributed by atoms with E-state index in [9.17, 15) is 39.6 Å². The third kappa shape index (κ3) is 5.03. The van der Waals surface area contributed by atoms with Crippen LogP contribution in [-0.4, -0.2) is 99.0 Å². The van der Waals surface area contributed by atoms with E-state index in [4.69, 9.17) is 17.3 Å². The summed E-state index contributed by atoms with van der Waals surface area (Å²) in [6.45, 7) is 1.62. The van der Waals surface area contributed by atoms with Gasteiger partial charge in [-0.2, -0.15) is 0 Å². The molecule has 0 radical (unpaired) electrons. The van der Waals surface area contributed by atoms with Crippen molar-refractivity contribution < 1.29 is 39.6 Å². The van der Waals surface area contributed by atoms with Crippen LogP contribution in [0.4, 0.5) is 5.69 Å². The number of anilines is 1. The monoisotopic (exact) mass is 646 g/mol. The number of nitrogens with two attached hydrogens (primary N) is 1. The molecule has 1 saturated heterocycles. The van der Waals surface area contributed by atoms with Gasteiger partial charge in [-0.25, -0.2) is 0 Å². The number of ketones is 2. The summed E-state index contributed by atoms with van der Waals surface area (Å²) in [7, 11) is 3.12. The molecule has 5 rings (SSSR count). The molecule has 12 nitrogen and oxygen atoms in total. The van der Waals surface area contributed by atoms with E-state index >= 15 is 0 Å². The van der Waals surface area contributed by atoms with Crippen LogP contribution in [0.2, 0.25) is 5.02 Å². The number of nitrogens with one attached hydrogen (secondary N) is 1. The number of fused-ring (bicyclic) bond motifs is 3. The largest absolute Gasteiger partial charge is 0.510 e. The highest BCUT2D eigenvalue weighted by Crippen LogP contribution is 2.53. The molecule has 1 aliphatic heterocycles. The number of amides is 2. The maximum atomic E-state index is 13.8. The van der Waals surface area contributed by atoms with Crippen molar-refractivity contribution in [1.29, 1.82) is 0 Å². The van der Waals surface area contributed by atoms with Gasteiger partial charge in [0, 0.05) is 11.5 Å². The molecule has 4 atom stereocenters. The van der Waals surface area contributed by atoms with Crippen molar-refractivity contribution in [2.24, 2.45) is 17.6 Å². The summed E-state index contributed by atoms with van der Waals surface area (Å²) in [5.41, 5.74) is 1.45. The fourth-order valence-electron chi connectivity index (χ4n) is 6.71. The number of nitrogens with zero attached hydrogens (tertiary/aromatic N) is 2.